The average Bonchev–Trinajstić information content (AvgIpc) is 2.41. The van der Waals surface area contributed by atoms with Crippen molar-refractivity contribution in [3.8, 4) is 0 Å². The molecule has 1 fully saturated rings. The smallest absolute Gasteiger partial charge is 0.231 e. The molecule has 7 heteroatoms. The molecule has 0 aliphatic carbocycles. The maximum absolute atomic E-state index is 10.9. The Morgan fingerprint density at radius 2 is 1.75 bits per heavy atom. The molecule has 0 spiro atoms. The minimum atomic E-state index is -0.258. The Bertz CT molecular complexity index is 439. The zero-order chi connectivity index (χ0) is 14.5. The topological polar surface area (TPSA) is 78.6 Å². The van der Waals surface area contributed by atoms with Gasteiger partial charge in [-0.1, -0.05) is 0 Å². The van der Waals surface area contributed by atoms with Crippen LogP contribution in [0.3, 0.4) is 0 Å². The summed E-state index contributed by atoms with van der Waals surface area (Å²) in [7, 11) is 3.85. The van der Waals surface area contributed by atoms with Crippen LogP contribution in [0.1, 0.15) is 5.56 Å². The van der Waals surface area contributed by atoms with E-state index in [0.717, 1.165) is 44.2 Å². The van der Waals surface area contributed by atoms with Crippen molar-refractivity contribution < 1.29 is 4.79 Å². The molecule has 20 heavy (non-hydrogen) atoms. The van der Waals surface area contributed by atoms with E-state index in [1.165, 1.54) is 0 Å². The number of nitrogens with zero attached hydrogens (tertiary/aromatic N) is 5. The normalized spacial score (nSPS) is 17.1. The summed E-state index contributed by atoms with van der Waals surface area (Å²) in [6.07, 6.45) is 3.75. The van der Waals surface area contributed by atoms with Crippen LogP contribution in [-0.4, -0.2) is 72.5 Å². The van der Waals surface area contributed by atoms with Crippen molar-refractivity contribution in [2.24, 2.45) is 5.73 Å². The van der Waals surface area contributed by atoms with Crippen LogP contribution in [0.15, 0.2) is 12.4 Å². The van der Waals surface area contributed by atoms with E-state index in [1.807, 2.05) is 31.4 Å². The fourth-order valence-corrected chi connectivity index (χ4v) is 2.24. The second-order valence-corrected chi connectivity index (χ2v) is 5.30. The van der Waals surface area contributed by atoms with Crippen molar-refractivity contribution in [3.05, 3.63) is 18.0 Å². The van der Waals surface area contributed by atoms with Crippen molar-refractivity contribution in [2.45, 2.75) is 6.54 Å². The van der Waals surface area contributed by atoms with Gasteiger partial charge < -0.3 is 10.6 Å². The van der Waals surface area contributed by atoms with Crippen LogP contribution in [0, 0.1) is 0 Å². The molecule has 110 valence electrons. The Kier molecular flexibility index (Phi) is 4.86. The third kappa shape index (κ3) is 4.14. The summed E-state index contributed by atoms with van der Waals surface area (Å²) in [6.45, 7) is 4.82. The minimum absolute atomic E-state index is 0.258. The number of nitrogens with two attached hydrogens (primary N) is 1. The third-order valence-corrected chi connectivity index (χ3v) is 3.34. The molecule has 0 saturated carbocycles. The van der Waals surface area contributed by atoms with E-state index in [-0.39, 0.29) is 5.91 Å². The van der Waals surface area contributed by atoms with Gasteiger partial charge in [0.15, 0.2) is 0 Å². The van der Waals surface area contributed by atoms with E-state index in [9.17, 15) is 4.79 Å². The monoisotopic (exact) mass is 278 g/mol. The van der Waals surface area contributed by atoms with Crippen molar-refractivity contribution in [1.82, 2.24) is 19.8 Å². The van der Waals surface area contributed by atoms with Crippen LogP contribution in [0.2, 0.25) is 0 Å². The zero-order valence-electron chi connectivity index (χ0n) is 12.1. The van der Waals surface area contributed by atoms with Gasteiger partial charge in [0.05, 0.1) is 6.54 Å². The number of hydrogen-bond acceptors (Lipinski definition) is 6. The quantitative estimate of drug-likeness (QED) is 0.755. The van der Waals surface area contributed by atoms with Crippen LogP contribution in [0.4, 0.5) is 5.95 Å². The number of anilines is 1. The highest BCUT2D eigenvalue weighted by Gasteiger charge is 2.18. The van der Waals surface area contributed by atoms with Gasteiger partial charge in [-0.15, -0.1) is 0 Å². The summed E-state index contributed by atoms with van der Waals surface area (Å²) >= 11 is 0. The number of aromatic nitrogens is 2. The van der Waals surface area contributed by atoms with Crippen LogP contribution in [0.5, 0.6) is 0 Å². The summed E-state index contributed by atoms with van der Waals surface area (Å²) in [5.41, 5.74) is 6.32. The number of carbonyl (C=O) groups excluding carboxylic acids is 1. The van der Waals surface area contributed by atoms with Crippen molar-refractivity contribution in [3.63, 3.8) is 0 Å². The number of hydrogen-bond donors (Lipinski definition) is 1. The van der Waals surface area contributed by atoms with Gasteiger partial charge in [0, 0.05) is 64.8 Å². The van der Waals surface area contributed by atoms with Gasteiger partial charge in [-0.3, -0.25) is 14.6 Å². The predicted octanol–water partition coefficient (Wildman–Crippen LogP) is -0.854. The molecule has 1 aromatic heterocycles. The molecule has 0 atom stereocenters. The van der Waals surface area contributed by atoms with Gasteiger partial charge in [-0.05, 0) is 0 Å². The summed E-state index contributed by atoms with van der Waals surface area (Å²) in [5, 5.41) is 0. The molecule has 0 bridgehead atoms. The third-order valence-electron chi connectivity index (χ3n) is 3.34. The van der Waals surface area contributed by atoms with Gasteiger partial charge in [-0.2, -0.15) is 0 Å². The number of amides is 1. The lowest BCUT2D eigenvalue weighted by atomic mass is 10.2. The standard InChI is InChI=1S/C13H22N6O/c1-17(2)13-15-7-11(8-16-13)9-18-3-5-19(6-4-18)10-12(14)20/h7-8H,3-6,9-10H2,1-2H3,(H2,14,20). The molecular formula is C13H22N6O. The van der Waals surface area contributed by atoms with Crippen LogP contribution in [0.25, 0.3) is 0 Å². The lowest BCUT2D eigenvalue weighted by Crippen LogP contribution is -2.48. The van der Waals surface area contributed by atoms with Gasteiger partial charge >= 0.3 is 0 Å². The van der Waals surface area contributed by atoms with Crippen LogP contribution < -0.4 is 10.6 Å². The van der Waals surface area contributed by atoms with Crippen LogP contribution in [-0.2, 0) is 11.3 Å². The fourth-order valence-electron chi connectivity index (χ4n) is 2.24. The van der Waals surface area contributed by atoms with E-state index in [1.54, 1.807) is 0 Å². The second kappa shape index (κ2) is 6.62. The van der Waals surface area contributed by atoms with Gasteiger partial charge in [-0.25, -0.2) is 9.97 Å². The highest BCUT2D eigenvalue weighted by Crippen LogP contribution is 2.09. The molecule has 1 amide bonds. The zero-order valence-corrected chi connectivity index (χ0v) is 12.1. The summed E-state index contributed by atoms with van der Waals surface area (Å²) < 4.78 is 0. The highest BCUT2D eigenvalue weighted by molar-refractivity contribution is 5.75. The number of piperazine rings is 1. The molecule has 1 aromatic rings. The lowest BCUT2D eigenvalue weighted by Gasteiger charge is -2.33. The molecular weight excluding hydrogens is 256 g/mol. The Morgan fingerprint density at radius 1 is 1.20 bits per heavy atom. The first-order chi connectivity index (χ1) is 9.54. The van der Waals surface area contributed by atoms with Gasteiger partial charge in [0.1, 0.15) is 0 Å². The van der Waals surface area contributed by atoms with E-state index >= 15 is 0 Å². The molecule has 2 heterocycles. The minimum Gasteiger partial charge on any atom is -0.369 e. The van der Waals surface area contributed by atoms with Crippen LogP contribution >= 0.6 is 0 Å². The van der Waals surface area contributed by atoms with Crippen molar-refractivity contribution in [2.75, 3.05) is 51.7 Å². The maximum Gasteiger partial charge on any atom is 0.231 e. The van der Waals surface area contributed by atoms with E-state index < -0.39 is 0 Å². The first-order valence-corrected chi connectivity index (χ1v) is 6.76. The van der Waals surface area contributed by atoms with Gasteiger partial charge in [0.2, 0.25) is 11.9 Å². The Labute approximate surface area is 119 Å². The van der Waals surface area contributed by atoms with Gasteiger partial charge in [0.25, 0.3) is 0 Å². The average molecular weight is 278 g/mol. The Hall–Kier alpha value is -1.73. The largest absolute Gasteiger partial charge is 0.369 e. The number of carbonyl (C=O) groups is 1. The Balaban J connectivity index is 1.81. The summed E-state index contributed by atoms with van der Waals surface area (Å²) in [5.74, 6) is 0.464. The predicted molar refractivity (Wildman–Crippen MR) is 77.3 cm³/mol. The summed E-state index contributed by atoms with van der Waals surface area (Å²) in [4.78, 5) is 25.8. The van der Waals surface area contributed by atoms with E-state index in [4.69, 9.17) is 5.73 Å². The molecule has 0 aromatic carbocycles. The molecule has 2 rings (SSSR count). The molecule has 1 saturated heterocycles. The van der Waals surface area contributed by atoms with Crippen molar-refractivity contribution >= 4 is 11.9 Å². The second-order valence-electron chi connectivity index (χ2n) is 5.30. The van der Waals surface area contributed by atoms with E-state index in [2.05, 4.69) is 19.8 Å². The first-order valence-electron chi connectivity index (χ1n) is 6.76. The molecule has 0 unspecified atom stereocenters. The van der Waals surface area contributed by atoms with E-state index in [0.29, 0.717) is 6.54 Å². The maximum atomic E-state index is 10.9. The highest BCUT2D eigenvalue weighted by atomic mass is 16.1. The number of rotatable bonds is 5. The molecule has 7 nitrogen and oxygen atoms in total. The first kappa shape index (κ1) is 14.7. The molecule has 2 N–H and O–H groups in total. The summed E-state index contributed by atoms with van der Waals surface area (Å²) in [6, 6.07) is 0. The Morgan fingerprint density at radius 3 is 2.25 bits per heavy atom. The lowest BCUT2D eigenvalue weighted by molar-refractivity contribution is -0.119. The molecule has 1 aliphatic rings. The van der Waals surface area contributed by atoms with Crippen molar-refractivity contribution in [1.29, 1.82) is 0 Å². The fraction of sp³-hybridized carbons (Fsp3) is 0.615. The SMILES string of the molecule is CN(C)c1ncc(CN2CCN(CC(N)=O)CC2)cn1. The molecule has 1 aliphatic heterocycles. The molecule has 0 radical (unpaired) electrons. The number of primary amides is 1.